The summed E-state index contributed by atoms with van der Waals surface area (Å²) in [6.45, 7) is 2.90. The second-order valence-electron chi connectivity index (χ2n) is 4.74. The van der Waals surface area contributed by atoms with E-state index >= 15 is 0 Å². The summed E-state index contributed by atoms with van der Waals surface area (Å²) in [6, 6.07) is 2.09. The molecule has 0 spiro atoms. The molecule has 0 bridgehead atoms. The van der Waals surface area contributed by atoms with Crippen LogP contribution in [-0.2, 0) is 4.74 Å². The van der Waals surface area contributed by atoms with Gasteiger partial charge < -0.3 is 4.74 Å². The van der Waals surface area contributed by atoms with E-state index in [0.29, 0.717) is 17.7 Å². The van der Waals surface area contributed by atoms with E-state index in [2.05, 4.69) is 5.43 Å². The Morgan fingerprint density at radius 2 is 2.17 bits per heavy atom. The molecule has 3 N–H and O–H groups in total. The van der Waals surface area contributed by atoms with Crippen molar-refractivity contribution < 1.29 is 13.5 Å². The van der Waals surface area contributed by atoms with Crippen LogP contribution in [-0.4, -0.2) is 13.2 Å². The molecule has 2 rings (SSSR count). The Kier molecular flexibility index (Phi) is 4.27. The minimum atomic E-state index is -0.563. The standard InChI is InChI=1S/C13H18F2N2O/c1-8-5-10(12(15)6-11(8)14)13(17-16)9-3-2-4-18-7-9/h5-6,9,13,17H,2-4,7,16H2,1H3. The summed E-state index contributed by atoms with van der Waals surface area (Å²) < 4.78 is 32.5. The van der Waals surface area contributed by atoms with Gasteiger partial charge in [-0.25, -0.2) is 8.78 Å². The molecule has 2 atom stereocenters. The van der Waals surface area contributed by atoms with Gasteiger partial charge in [-0.15, -0.1) is 0 Å². The molecule has 1 heterocycles. The fraction of sp³-hybridized carbons (Fsp3) is 0.538. The number of benzene rings is 1. The van der Waals surface area contributed by atoms with E-state index in [0.717, 1.165) is 25.5 Å². The van der Waals surface area contributed by atoms with E-state index < -0.39 is 11.6 Å². The van der Waals surface area contributed by atoms with Crippen molar-refractivity contribution in [3.8, 4) is 0 Å². The van der Waals surface area contributed by atoms with Crippen LogP contribution in [0, 0.1) is 24.5 Å². The highest BCUT2D eigenvalue weighted by molar-refractivity contribution is 5.28. The predicted octanol–water partition coefficient (Wildman–Crippen LogP) is 2.20. The minimum Gasteiger partial charge on any atom is -0.381 e. The largest absolute Gasteiger partial charge is 0.381 e. The van der Waals surface area contributed by atoms with E-state index in [-0.39, 0.29) is 12.0 Å². The number of hydrogen-bond donors (Lipinski definition) is 2. The van der Waals surface area contributed by atoms with Gasteiger partial charge in [-0.05, 0) is 31.4 Å². The first-order valence-electron chi connectivity index (χ1n) is 6.13. The number of ether oxygens (including phenoxy) is 1. The molecule has 0 aliphatic carbocycles. The summed E-state index contributed by atoms with van der Waals surface area (Å²) in [7, 11) is 0. The van der Waals surface area contributed by atoms with E-state index in [1.54, 1.807) is 6.92 Å². The maximum Gasteiger partial charge on any atom is 0.130 e. The average Bonchev–Trinajstić information content (AvgIpc) is 2.38. The molecule has 1 aliphatic rings. The quantitative estimate of drug-likeness (QED) is 0.644. The number of nitrogens with two attached hydrogens (primary N) is 1. The number of halogens is 2. The first kappa shape index (κ1) is 13.4. The van der Waals surface area contributed by atoms with Gasteiger partial charge in [0.15, 0.2) is 0 Å². The Labute approximate surface area is 105 Å². The summed E-state index contributed by atoms with van der Waals surface area (Å²) >= 11 is 0. The molecule has 5 heteroatoms. The molecule has 0 radical (unpaired) electrons. The van der Waals surface area contributed by atoms with Crippen LogP contribution in [0.3, 0.4) is 0 Å². The van der Waals surface area contributed by atoms with Crippen molar-refractivity contribution in [2.24, 2.45) is 11.8 Å². The molecular weight excluding hydrogens is 238 g/mol. The smallest absolute Gasteiger partial charge is 0.130 e. The monoisotopic (exact) mass is 256 g/mol. The maximum absolute atomic E-state index is 13.8. The zero-order valence-corrected chi connectivity index (χ0v) is 10.4. The zero-order valence-electron chi connectivity index (χ0n) is 10.4. The summed E-state index contributed by atoms with van der Waals surface area (Å²) in [5.41, 5.74) is 3.46. The summed E-state index contributed by atoms with van der Waals surface area (Å²) in [5, 5.41) is 0. The molecule has 1 aromatic carbocycles. The second kappa shape index (κ2) is 5.73. The van der Waals surface area contributed by atoms with Crippen LogP contribution in [0.25, 0.3) is 0 Å². The van der Waals surface area contributed by atoms with Gasteiger partial charge in [-0.1, -0.05) is 0 Å². The molecule has 2 unspecified atom stereocenters. The van der Waals surface area contributed by atoms with Crippen LogP contribution >= 0.6 is 0 Å². The molecule has 0 amide bonds. The van der Waals surface area contributed by atoms with Gasteiger partial charge in [-0.2, -0.15) is 0 Å². The Morgan fingerprint density at radius 3 is 2.78 bits per heavy atom. The highest BCUT2D eigenvalue weighted by Gasteiger charge is 2.27. The third-order valence-electron chi connectivity index (χ3n) is 3.46. The number of aryl methyl sites for hydroxylation is 1. The van der Waals surface area contributed by atoms with Crippen LogP contribution in [0.1, 0.15) is 30.0 Å². The van der Waals surface area contributed by atoms with Crippen LogP contribution in [0.4, 0.5) is 8.78 Å². The fourth-order valence-corrected chi connectivity index (χ4v) is 2.43. The summed E-state index contributed by atoms with van der Waals surface area (Å²) in [5.74, 6) is 4.54. The van der Waals surface area contributed by atoms with Crippen molar-refractivity contribution in [3.05, 3.63) is 34.9 Å². The van der Waals surface area contributed by atoms with E-state index in [4.69, 9.17) is 10.6 Å². The van der Waals surface area contributed by atoms with Crippen molar-refractivity contribution >= 4 is 0 Å². The normalized spacial score (nSPS) is 21.9. The van der Waals surface area contributed by atoms with Gasteiger partial charge in [0.1, 0.15) is 11.6 Å². The summed E-state index contributed by atoms with van der Waals surface area (Å²) in [4.78, 5) is 0. The number of rotatable bonds is 3. The van der Waals surface area contributed by atoms with Gasteiger partial charge in [0.05, 0.1) is 12.6 Å². The predicted molar refractivity (Wildman–Crippen MR) is 64.7 cm³/mol. The number of hydrazine groups is 1. The van der Waals surface area contributed by atoms with Crippen molar-refractivity contribution in [2.75, 3.05) is 13.2 Å². The highest BCUT2D eigenvalue weighted by atomic mass is 19.1. The highest BCUT2D eigenvalue weighted by Crippen LogP contribution is 2.30. The Bertz CT molecular complexity index is 420. The first-order valence-corrected chi connectivity index (χ1v) is 6.13. The lowest BCUT2D eigenvalue weighted by Crippen LogP contribution is -2.37. The average molecular weight is 256 g/mol. The molecule has 1 fully saturated rings. The maximum atomic E-state index is 13.8. The lowest BCUT2D eigenvalue weighted by molar-refractivity contribution is 0.0384. The Hall–Kier alpha value is -1.04. The van der Waals surface area contributed by atoms with Gasteiger partial charge in [0.2, 0.25) is 0 Å². The lowest BCUT2D eigenvalue weighted by Gasteiger charge is -2.30. The minimum absolute atomic E-state index is 0.114. The molecule has 1 aliphatic heterocycles. The molecular formula is C13H18F2N2O. The van der Waals surface area contributed by atoms with E-state index in [9.17, 15) is 8.78 Å². The molecule has 18 heavy (non-hydrogen) atoms. The molecule has 100 valence electrons. The van der Waals surface area contributed by atoms with Crippen molar-refractivity contribution in [3.63, 3.8) is 0 Å². The van der Waals surface area contributed by atoms with Crippen LogP contribution in [0.5, 0.6) is 0 Å². The van der Waals surface area contributed by atoms with Crippen molar-refractivity contribution in [1.82, 2.24) is 5.43 Å². The van der Waals surface area contributed by atoms with Gasteiger partial charge in [-0.3, -0.25) is 11.3 Å². The third-order valence-corrected chi connectivity index (χ3v) is 3.46. The number of nitrogens with one attached hydrogen (secondary N) is 1. The van der Waals surface area contributed by atoms with Gasteiger partial charge >= 0.3 is 0 Å². The van der Waals surface area contributed by atoms with Gasteiger partial charge in [0, 0.05) is 24.2 Å². The molecule has 1 aromatic rings. The van der Waals surface area contributed by atoms with E-state index in [1.807, 2.05) is 0 Å². The lowest BCUT2D eigenvalue weighted by atomic mass is 9.88. The Balaban J connectivity index is 2.28. The second-order valence-corrected chi connectivity index (χ2v) is 4.74. The van der Waals surface area contributed by atoms with Crippen molar-refractivity contribution in [2.45, 2.75) is 25.8 Å². The Morgan fingerprint density at radius 1 is 1.39 bits per heavy atom. The van der Waals surface area contributed by atoms with Gasteiger partial charge in [0.25, 0.3) is 0 Å². The number of hydrogen-bond acceptors (Lipinski definition) is 3. The first-order chi connectivity index (χ1) is 8.63. The molecule has 0 saturated carbocycles. The topological polar surface area (TPSA) is 47.3 Å². The zero-order chi connectivity index (χ0) is 13.1. The SMILES string of the molecule is Cc1cc(C(NN)C2CCCOC2)c(F)cc1F. The van der Waals surface area contributed by atoms with Crippen LogP contribution in [0.15, 0.2) is 12.1 Å². The molecule has 0 aromatic heterocycles. The molecule has 3 nitrogen and oxygen atoms in total. The fourth-order valence-electron chi connectivity index (χ4n) is 2.43. The third kappa shape index (κ3) is 2.68. The van der Waals surface area contributed by atoms with Crippen LogP contribution in [0.2, 0.25) is 0 Å². The van der Waals surface area contributed by atoms with E-state index in [1.165, 1.54) is 6.07 Å². The van der Waals surface area contributed by atoms with Crippen molar-refractivity contribution in [1.29, 1.82) is 0 Å². The summed E-state index contributed by atoms with van der Waals surface area (Å²) in [6.07, 6.45) is 1.86. The van der Waals surface area contributed by atoms with Crippen LogP contribution < -0.4 is 11.3 Å². The molecule has 1 saturated heterocycles.